The largest absolute Gasteiger partial charge is 0.329 e. The molecule has 2 rings (SSSR count). The van der Waals surface area contributed by atoms with E-state index in [2.05, 4.69) is 4.98 Å². The highest BCUT2D eigenvalue weighted by atomic mass is 16.2. The Bertz CT molecular complexity index is 582. The summed E-state index contributed by atoms with van der Waals surface area (Å²) >= 11 is 0. The normalized spacial score (nSPS) is 10.6. The van der Waals surface area contributed by atoms with Crippen molar-refractivity contribution in [3.05, 3.63) is 45.1 Å². The summed E-state index contributed by atoms with van der Waals surface area (Å²) in [5, 5.41) is 0.470. The van der Waals surface area contributed by atoms with Gasteiger partial charge >= 0.3 is 5.69 Å². The lowest BCUT2D eigenvalue weighted by atomic mass is 10.2. The first-order valence-corrected chi connectivity index (χ1v) is 4.16. The fourth-order valence-corrected chi connectivity index (χ4v) is 1.36. The predicted molar refractivity (Wildman–Crippen MR) is 53.0 cm³/mol. The van der Waals surface area contributed by atoms with Gasteiger partial charge in [-0.1, -0.05) is 12.1 Å². The summed E-state index contributed by atoms with van der Waals surface area (Å²) in [5.41, 5.74) is 4.99. The minimum atomic E-state index is -0.476. The van der Waals surface area contributed by atoms with Crippen molar-refractivity contribution in [3.63, 3.8) is 0 Å². The molecule has 14 heavy (non-hydrogen) atoms. The second-order valence-corrected chi connectivity index (χ2v) is 2.89. The van der Waals surface area contributed by atoms with Gasteiger partial charge in [-0.05, 0) is 12.1 Å². The SMILES string of the molecule is NCn1c(=O)[nH]c2ccccc2c1=O. The van der Waals surface area contributed by atoms with Crippen molar-refractivity contribution in [1.29, 1.82) is 0 Å². The summed E-state index contributed by atoms with van der Waals surface area (Å²) in [6.45, 7) is -0.112. The molecule has 0 amide bonds. The minimum Gasteiger partial charge on any atom is -0.313 e. The van der Waals surface area contributed by atoms with Crippen LogP contribution in [0.4, 0.5) is 0 Å². The summed E-state index contributed by atoms with van der Waals surface area (Å²) in [5.74, 6) is 0. The molecule has 5 heteroatoms. The molecule has 3 N–H and O–H groups in total. The van der Waals surface area contributed by atoms with E-state index in [0.717, 1.165) is 4.57 Å². The van der Waals surface area contributed by atoms with E-state index >= 15 is 0 Å². The third-order valence-electron chi connectivity index (χ3n) is 2.07. The Morgan fingerprint density at radius 2 is 2.00 bits per heavy atom. The van der Waals surface area contributed by atoms with E-state index < -0.39 is 5.69 Å². The third-order valence-corrected chi connectivity index (χ3v) is 2.07. The van der Waals surface area contributed by atoms with Gasteiger partial charge in [-0.15, -0.1) is 0 Å². The van der Waals surface area contributed by atoms with Gasteiger partial charge in [-0.25, -0.2) is 9.36 Å². The Morgan fingerprint density at radius 1 is 1.29 bits per heavy atom. The molecule has 0 bridgehead atoms. The van der Waals surface area contributed by atoms with Gasteiger partial charge in [-0.2, -0.15) is 0 Å². The van der Waals surface area contributed by atoms with Crippen LogP contribution in [-0.4, -0.2) is 9.55 Å². The molecule has 0 unspecified atom stereocenters. The van der Waals surface area contributed by atoms with E-state index in [9.17, 15) is 9.59 Å². The van der Waals surface area contributed by atoms with Crippen LogP contribution in [0.2, 0.25) is 0 Å². The zero-order chi connectivity index (χ0) is 10.1. The highest BCUT2D eigenvalue weighted by molar-refractivity contribution is 5.76. The molecule has 1 aromatic heterocycles. The van der Waals surface area contributed by atoms with E-state index in [0.29, 0.717) is 10.9 Å². The number of hydrogen-bond acceptors (Lipinski definition) is 3. The second kappa shape index (κ2) is 3.12. The zero-order valence-corrected chi connectivity index (χ0v) is 7.36. The monoisotopic (exact) mass is 191 g/mol. The summed E-state index contributed by atoms with van der Waals surface area (Å²) in [6.07, 6.45) is 0. The van der Waals surface area contributed by atoms with Gasteiger partial charge in [0.15, 0.2) is 0 Å². The molecule has 0 atom stereocenters. The van der Waals surface area contributed by atoms with Crippen molar-refractivity contribution in [1.82, 2.24) is 9.55 Å². The molecule has 0 fully saturated rings. The molecule has 0 aliphatic heterocycles. The number of para-hydroxylation sites is 1. The molecule has 0 saturated carbocycles. The Labute approximate surface area is 78.8 Å². The Kier molecular flexibility index (Phi) is 1.94. The topological polar surface area (TPSA) is 80.9 Å². The Morgan fingerprint density at radius 3 is 2.71 bits per heavy atom. The number of aromatic nitrogens is 2. The fraction of sp³-hybridized carbons (Fsp3) is 0.111. The number of rotatable bonds is 1. The fourth-order valence-electron chi connectivity index (χ4n) is 1.36. The van der Waals surface area contributed by atoms with Crippen LogP contribution in [0.3, 0.4) is 0 Å². The number of nitrogens with two attached hydrogens (primary N) is 1. The van der Waals surface area contributed by atoms with Crippen LogP contribution in [0.25, 0.3) is 10.9 Å². The average molecular weight is 191 g/mol. The van der Waals surface area contributed by atoms with Crippen molar-refractivity contribution < 1.29 is 0 Å². The van der Waals surface area contributed by atoms with Gasteiger partial charge in [0.25, 0.3) is 5.56 Å². The van der Waals surface area contributed by atoms with E-state index in [-0.39, 0.29) is 12.2 Å². The van der Waals surface area contributed by atoms with Gasteiger partial charge in [0.2, 0.25) is 0 Å². The molecule has 0 aliphatic rings. The van der Waals surface area contributed by atoms with Gasteiger partial charge in [0.05, 0.1) is 17.6 Å². The highest BCUT2D eigenvalue weighted by Crippen LogP contribution is 2.02. The maximum absolute atomic E-state index is 11.6. The summed E-state index contributed by atoms with van der Waals surface area (Å²) in [7, 11) is 0. The van der Waals surface area contributed by atoms with Crippen LogP contribution in [0.5, 0.6) is 0 Å². The van der Waals surface area contributed by atoms with Crippen LogP contribution in [0.1, 0.15) is 0 Å². The third kappa shape index (κ3) is 1.14. The number of fused-ring (bicyclic) bond motifs is 1. The lowest BCUT2D eigenvalue weighted by Gasteiger charge is -2.01. The van der Waals surface area contributed by atoms with Gasteiger partial charge in [0.1, 0.15) is 0 Å². The molecule has 0 aliphatic carbocycles. The quantitative estimate of drug-likeness (QED) is 0.643. The van der Waals surface area contributed by atoms with E-state index in [1.165, 1.54) is 0 Å². The van der Waals surface area contributed by atoms with Gasteiger partial charge in [-0.3, -0.25) is 4.79 Å². The number of nitrogens with one attached hydrogen (secondary N) is 1. The highest BCUT2D eigenvalue weighted by Gasteiger charge is 2.04. The van der Waals surface area contributed by atoms with Crippen molar-refractivity contribution in [2.75, 3.05) is 0 Å². The van der Waals surface area contributed by atoms with Crippen LogP contribution in [0, 0.1) is 0 Å². The van der Waals surface area contributed by atoms with Crippen molar-refractivity contribution in [3.8, 4) is 0 Å². The van der Waals surface area contributed by atoms with Crippen LogP contribution in [-0.2, 0) is 6.67 Å². The van der Waals surface area contributed by atoms with Crippen LogP contribution in [0.15, 0.2) is 33.9 Å². The summed E-state index contributed by atoms with van der Waals surface area (Å²) in [6, 6.07) is 6.83. The van der Waals surface area contributed by atoms with Crippen molar-refractivity contribution in [2.24, 2.45) is 5.73 Å². The van der Waals surface area contributed by atoms with Crippen molar-refractivity contribution >= 4 is 10.9 Å². The smallest absolute Gasteiger partial charge is 0.313 e. The lowest BCUT2D eigenvalue weighted by Crippen LogP contribution is -2.37. The number of aromatic amines is 1. The first-order chi connectivity index (χ1) is 6.74. The molecule has 5 nitrogen and oxygen atoms in total. The first-order valence-electron chi connectivity index (χ1n) is 4.16. The van der Waals surface area contributed by atoms with Gasteiger partial charge < -0.3 is 10.7 Å². The van der Waals surface area contributed by atoms with Crippen LogP contribution < -0.4 is 17.0 Å². The molecule has 72 valence electrons. The maximum Gasteiger partial charge on any atom is 0.329 e. The van der Waals surface area contributed by atoms with E-state index in [1.54, 1.807) is 24.3 Å². The van der Waals surface area contributed by atoms with Crippen LogP contribution >= 0.6 is 0 Å². The molecule has 2 aromatic rings. The lowest BCUT2D eigenvalue weighted by molar-refractivity contribution is 0.661. The standard InChI is InChI=1S/C9H9N3O2/c10-5-12-8(13)6-3-1-2-4-7(6)11-9(12)14/h1-4H,5,10H2,(H,11,14). The molecule has 0 radical (unpaired) electrons. The Balaban J connectivity index is 3.01. The van der Waals surface area contributed by atoms with Gasteiger partial charge in [0, 0.05) is 0 Å². The van der Waals surface area contributed by atoms with E-state index in [1.807, 2.05) is 0 Å². The molecular weight excluding hydrogens is 182 g/mol. The van der Waals surface area contributed by atoms with Crippen molar-refractivity contribution in [2.45, 2.75) is 6.67 Å². The first kappa shape index (κ1) is 8.71. The number of benzene rings is 1. The number of nitrogens with zero attached hydrogens (tertiary/aromatic N) is 1. The predicted octanol–water partition coefficient (Wildman–Crippen LogP) is -0.394. The number of H-pyrrole nitrogens is 1. The molecule has 0 spiro atoms. The molecule has 1 heterocycles. The Hall–Kier alpha value is -1.88. The summed E-state index contributed by atoms with van der Waals surface area (Å²) in [4.78, 5) is 25.5. The average Bonchev–Trinajstić information content (AvgIpc) is 2.18. The minimum absolute atomic E-state index is 0.112. The molecule has 1 aromatic carbocycles. The number of hydrogen-bond donors (Lipinski definition) is 2. The molecular formula is C9H9N3O2. The maximum atomic E-state index is 11.6. The molecule has 0 saturated heterocycles. The summed E-state index contributed by atoms with van der Waals surface area (Å²) < 4.78 is 0.961. The second-order valence-electron chi connectivity index (χ2n) is 2.89. The van der Waals surface area contributed by atoms with E-state index in [4.69, 9.17) is 5.73 Å². The zero-order valence-electron chi connectivity index (χ0n) is 7.36.